The quantitative estimate of drug-likeness (QED) is 0.320. The van der Waals surface area contributed by atoms with Gasteiger partial charge in [-0.15, -0.1) is 0 Å². The Kier molecular flexibility index (Phi) is 9.54. The van der Waals surface area contributed by atoms with Crippen LogP contribution in [0.15, 0.2) is 54.6 Å². The minimum atomic E-state index is 0.805. The zero-order chi connectivity index (χ0) is 21.0. The Hall–Kier alpha value is -2.02. The second-order valence-corrected chi connectivity index (χ2v) is 8.88. The molecule has 0 aromatic heterocycles. The highest BCUT2D eigenvalue weighted by Crippen LogP contribution is 2.34. The molecule has 0 saturated heterocycles. The summed E-state index contributed by atoms with van der Waals surface area (Å²) in [5.41, 5.74) is 5.48. The van der Waals surface area contributed by atoms with Gasteiger partial charge in [-0.3, -0.25) is 0 Å². The summed E-state index contributed by atoms with van der Waals surface area (Å²) in [6.45, 7) is 5.28. The van der Waals surface area contributed by atoms with Crippen LogP contribution in [0.25, 0.3) is 16.7 Å². The van der Waals surface area contributed by atoms with Crippen molar-refractivity contribution >= 4 is 5.57 Å². The molecule has 162 valence electrons. The van der Waals surface area contributed by atoms with E-state index in [1.807, 2.05) is 0 Å². The van der Waals surface area contributed by atoms with Gasteiger partial charge in [-0.05, 0) is 66.0 Å². The molecule has 0 spiro atoms. The maximum atomic E-state index is 5.78. The summed E-state index contributed by atoms with van der Waals surface area (Å²) < 4.78 is 5.78. The minimum Gasteiger partial charge on any atom is -0.494 e. The van der Waals surface area contributed by atoms with Crippen molar-refractivity contribution in [1.29, 1.82) is 0 Å². The van der Waals surface area contributed by atoms with Crippen molar-refractivity contribution in [1.82, 2.24) is 0 Å². The molecule has 2 aromatic rings. The Labute approximate surface area is 184 Å². The van der Waals surface area contributed by atoms with Gasteiger partial charge in [-0.1, -0.05) is 101 Å². The highest BCUT2D eigenvalue weighted by molar-refractivity contribution is 5.71. The lowest BCUT2D eigenvalue weighted by atomic mass is 9.83. The van der Waals surface area contributed by atoms with Gasteiger partial charge in [0, 0.05) is 0 Å². The van der Waals surface area contributed by atoms with E-state index in [0.29, 0.717) is 0 Å². The number of benzene rings is 2. The maximum Gasteiger partial charge on any atom is 0.119 e. The third-order valence-electron chi connectivity index (χ3n) is 6.45. The van der Waals surface area contributed by atoms with Gasteiger partial charge < -0.3 is 4.74 Å². The molecule has 0 fully saturated rings. The van der Waals surface area contributed by atoms with E-state index in [-0.39, 0.29) is 0 Å². The van der Waals surface area contributed by atoms with Crippen LogP contribution in [0.4, 0.5) is 0 Å². The number of ether oxygens (including phenoxy) is 1. The highest BCUT2D eigenvalue weighted by atomic mass is 16.5. The van der Waals surface area contributed by atoms with Crippen LogP contribution >= 0.6 is 0 Å². The van der Waals surface area contributed by atoms with Crippen LogP contribution in [-0.4, -0.2) is 6.61 Å². The summed E-state index contributed by atoms with van der Waals surface area (Å²) in [6.07, 6.45) is 17.1. The lowest BCUT2D eigenvalue weighted by Crippen LogP contribution is -2.05. The molecule has 2 aromatic carbocycles. The third kappa shape index (κ3) is 7.04. The van der Waals surface area contributed by atoms with E-state index in [4.69, 9.17) is 4.74 Å². The van der Waals surface area contributed by atoms with E-state index in [1.165, 1.54) is 80.9 Å². The zero-order valence-electron chi connectivity index (χ0n) is 19.2. The van der Waals surface area contributed by atoms with E-state index in [0.717, 1.165) is 24.7 Å². The van der Waals surface area contributed by atoms with Crippen molar-refractivity contribution in [2.24, 2.45) is 5.92 Å². The lowest BCUT2D eigenvalue weighted by Gasteiger charge is -2.22. The van der Waals surface area contributed by atoms with Crippen molar-refractivity contribution < 1.29 is 4.74 Å². The summed E-state index contributed by atoms with van der Waals surface area (Å²) in [5, 5.41) is 0. The molecule has 0 heterocycles. The van der Waals surface area contributed by atoms with Crippen LogP contribution < -0.4 is 4.74 Å². The molecule has 1 heteroatoms. The van der Waals surface area contributed by atoms with Gasteiger partial charge >= 0.3 is 0 Å². The van der Waals surface area contributed by atoms with Crippen LogP contribution in [0.2, 0.25) is 0 Å². The summed E-state index contributed by atoms with van der Waals surface area (Å²) in [5.74, 6) is 1.88. The third-order valence-corrected chi connectivity index (χ3v) is 6.45. The minimum absolute atomic E-state index is 0.805. The standard InChI is InChI=1S/C29H40O/c1-3-5-7-8-9-10-24-11-13-25(14-12-24)26-15-17-27(18-16-26)28-19-21-29(22-20-28)30-23-6-4-2/h13,15-22,24H,3-12,14,23H2,1-2H3. The molecule has 0 bridgehead atoms. The Morgan fingerprint density at radius 2 is 1.37 bits per heavy atom. The molecular formula is C29H40O. The Balaban J connectivity index is 1.49. The fourth-order valence-corrected chi connectivity index (χ4v) is 4.40. The van der Waals surface area contributed by atoms with Crippen LogP contribution in [0.3, 0.4) is 0 Å². The summed E-state index contributed by atoms with van der Waals surface area (Å²) in [7, 11) is 0. The van der Waals surface area contributed by atoms with Gasteiger partial charge in [0.05, 0.1) is 6.61 Å². The number of allylic oxidation sites excluding steroid dienone is 2. The summed E-state index contributed by atoms with van der Waals surface area (Å²) >= 11 is 0. The predicted molar refractivity (Wildman–Crippen MR) is 131 cm³/mol. The zero-order valence-corrected chi connectivity index (χ0v) is 19.2. The summed E-state index contributed by atoms with van der Waals surface area (Å²) in [6, 6.07) is 17.7. The molecule has 0 aliphatic heterocycles. The number of hydrogen-bond acceptors (Lipinski definition) is 1. The Bertz CT molecular complexity index is 754. The average molecular weight is 405 g/mol. The molecule has 0 saturated carbocycles. The monoisotopic (exact) mass is 404 g/mol. The predicted octanol–water partition coefficient (Wildman–Crippen LogP) is 9.08. The second-order valence-electron chi connectivity index (χ2n) is 8.88. The van der Waals surface area contributed by atoms with Crippen LogP contribution in [0.5, 0.6) is 5.75 Å². The van der Waals surface area contributed by atoms with Crippen molar-refractivity contribution in [3.05, 3.63) is 60.2 Å². The number of hydrogen-bond donors (Lipinski definition) is 0. The molecular weight excluding hydrogens is 364 g/mol. The van der Waals surface area contributed by atoms with Gasteiger partial charge in [-0.25, -0.2) is 0 Å². The largest absolute Gasteiger partial charge is 0.494 e. The van der Waals surface area contributed by atoms with Gasteiger partial charge in [0.2, 0.25) is 0 Å². The maximum absolute atomic E-state index is 5.78. The molecule has 1 unspecified atom stereocenters. The van der Waals surface area contributed by atoms with Crippen molar-refractivity contribution in [2.45, 2.75) is 84.5 Å². The average Bonchev–Trinajstić information content (AvgIpc) is 2.80. The molecule has 1 aliphatic rings. The first-order valence-corrected chi connectivity index (χ1v) is 12.3. The topological polar surface area (TPSA) is 9.23 Å². The first-order chi connectivity index (χ1) is 14.8. The molecule has 1 aliphatic carbocycles. The number of unbranched alkanes of at least 4 members (excludes halogenated alkanes) is 5. The van der Waals surface area contributed by atoms with Crippen LogP contribution in [0.1, 0.15) is 90.0 Å². The normalized spacial score (nSPS) is 16.3. The van der Waals surface area contributed by atoms with E-state index in [9.17, 15) is 0 Å². The van der Waals surface area contributed by atoms with Crippen molar-refractivity contribution in [3.63, 3.8) is 0 Å². The van der Waals surface area contributed by atoms with Gasteiger partial charge in [0.1, 0.15) is 5.75 Å². The molecule has 0 amide bonds. The SMILES string of the molecule is CCCCCCCC1CC=C(c2ccc(-c3ccc(OCCCC)cc3)cc2)CC1. The Morgan fingerprint density at radius 3 is 2.00 bits per heavy atom. The molecule has 1 nitrogen and oxygen atoms in total. The van der Waals surface area contributed by atoms with E-state index >= 15 is 0 Å². The van der Waals surface area contributed by atoms with Gasteiger partial charge in [-0.2, -0.15) is 0 Å². The van der Waals surface area contributed by atoms with Crippen molar-refractivity contribution in [2.75, 3.05) is 6.61 Å². The van der Waals surface area contributed by atoms with Crippen LogP contribution in [-0.2, 0) is 0 Å². The lowest BCUT2D eigenvalue weighted by molar-refractivity contribution is 0.309. The van der Waals surface area contributed by atoms with E-state index in [1.54, 1.807) is 5.57 Å². The smallest absolute Gasteiger partial charge is 0.119 e. The number of rotatable bonds is 12. The van der Waals surface area contributed by atoms with Crippen LogP contribution in [0, 0.1) is 5.92 Å². The van der Waals surface area contributed by atoms with Gasteiger partial charge in [0.25, 0.3) is 0 Å². The first kappa shape index (κ1) is 22.7. The molecule has 30 heavy (non-hydrogen) atoms. The highest BCUT2D eigenvalue weighted by Gasteiger charge is 2.15. The molecule has 0 radical (unpaired) electrons. The van der Waals surface area contributed by atoms with E-state index < -0.39 is 0 Å². The summed E-state index contributed by atoms with van der Waals surface area (Å²) in [4.78, 5) is 0. The fraction of sp³-hybridized carbons (Fsp3) is 0.517. The first-order valence-electron chi connectivity index (χ1n) is 12.3. The fourth-order valence-electron chi connectivity index (χ4n) is 4.40. The van der Waals surface area contributed by atoms with E-state index in [2.05, 4.69) is 68.5 Å². The Morgan fingerprint density at radius 1 is 0.733 bits per heavy atom. The molecule has 0 N–H and O–H groups in total. The van der Waals surface area contributed by atoms with Crippen molar-refractivity contribution in [3.8, 4) is 16.9 Å². The molecule has 1 atom stereocenters. The second kappa shape index (κ2) is 12.6. The molecule has 3 rings (SSSR count). The van der Waals surface area contributed by atoms with Gasteiger partial charge in [0.15, 0.2) is 0 Å².